The second-order valence-electron chi connectivity index (χ2n) is 4.13. The number of oxazole rings is 1. The van der Waals surface area contributed by atoms with Crippen molar-refractivity contribution in [3.05, 3.63) is 17.8 Å². The number of nitrogens with one attached hydrogen (secondary N) is 1. The average molecular weight is 210 g/mol. The van der Waals surface area contributed by atoms with Gasteiger partial charge in [0.15, 0.2) is 5.89 Å². The maximum Gasteiger partial charge on any atom is 0.199 e. The van der Waals surface area contributed by atoms with Gasteiger partial charge in [-0.15, -0.1) is 0 Å². The van der Waals surface area contributed by atoms with Crippen molar-refractivity contribution < 1.29 is 9.15 Å². The van der Waals surface area contributed by atoms with E-state index in [1.54, 1.807) is 6.26 Å². The molecular weight excluding hydrogens is 192 g/mol. The molecule has 4 heteroatoms. The molecule has 1 N–H and O–H groups in total. The van der Waals surface area contributed by atoms with Crippen LogP contribution in [-0.4, -0.2) is 31.3 Å². The highest BCUT2D eigenvalue weighted by atomic mass is 16.5. The zero-order valence-corrected chi connectivity index (χ0v) is 9.32. The Bertz CT molecular complexity index is 305. The first-order valence-electron chi connectivity index (χ1n) is 5.49. The van der Waals surface area contributed by atoms with Crippen LogP contribution >= 0.6 is 0 Å². The highest BCUT2D eigenvalue weighted by Crippen LogP contribution is 2.24. The molecule has 84 valence electrons. The third-order valence-electron chi connectivity index (χ3n) is 2.86. The summed E-state index contributed by atoms with van der Waals surface area (Å²) >= 11 is 0. The maximum absolute atomic E-state index is 5.48. The molecule has 1 saturated heterocycles. The molecule has 0 aliphatic carbocycles. The lowest BCUT2D eigenvalue weighted by Crippen LogP contribution is -2.23. The molecule has 1 aromatic rings. The summed E-state index contributed by atoms with van der Waals surface area (Å²) < 4.78 is 10.8. The van der Waals surface area contributed by atoms with Gasteiger partial charge in [0.1, 0.15) is 6.26 Å². The zero-order valence-electron chi connectivity index (χ0n) is 9.32. The average Bonchev–Trinajstić information content (AvgIpc) is 2.85. The van der Waals surface area contributed by atoms with Gasteiger partial charge >= 0.3 is 0 Å². The first kappa shape index (κ1) is 10.6. The van der Waals surface area contributed by atoms with Gasteiger partial charge in [0.25, 0.3) is 0 Å². The minimum atomic E-state index is 0.364. The highest BCUT2D eigenvalue weighted by Gasteiger charge is 2.22. The molecule has 0 spiro atoms. The largest absolute Gasteiger partial charge is 0.448 e. The van der Waals surface area contributed by atoms with Gasteiger partial charge in [0.05, 0.1) is 18.2 Å². The van der Waals surface area contributed by atoms with E-state index < -0.39 is 0 Å². The van der Waals surface area contributed by atoms with Gasteiger partial charge in [-0.05, 0) is 20.4 Å². The van der Waals surface area contributed by atoms with E-state index in [0.717, 1.165) is 37.6 Å². The van der Waals surface area contributed by atoms with Crippen molar-refractivity contribution in [2.75, 3.05) is 20.3 Å². The third kappa shape index (κ3) is 2.58. The zero-order chi connectivity index (χ0) is 10.7. The minimum absolute atomic E-state index is 0.364. The molecule has 0 radical (unpaired) electrons. The summed E-state index contributed by atoms with van der Waals surface area (Å²) in [6.07, 6.45) is 3.70. The van der Waals surface area contributed by atoms with Crippen LogP contribution in [0.4, 0.5) is 0 Å². The fourth-order valence-corrected chi connectivity index (χ4v) is 1.75. The molecule has 2 unspecified atom stereocenters. The molecule has 4 nitrogen and oxygen atoms in total. The Morgan fingerprint density at radius 3 is 3.20 bits per heavy atom. The maximum atomic E-state index is 5.48. The van der Waals surface area contributed by atoms with Crippen LogP contribution < -0.4 is 5.32 Å². The Kier molecular flexibility index (Phi) is 3.38. The normalized spacial score (nSPS) is 23.2. The summed E-state index contributed by atoms with van der Waals surface area (Å²) in [5.74, 6) is 1.20. The Morgan fingerprint density at radius 2 is 2.53 bits per heavy atom. The fourth-order valence-electron chi connectivity index (χ4n) is 1.75. The van der Waals surface area contributed by atoms with Crippen LogP contribution in [0.2, 0.25) is 0 Å². The molecule has 1 aliphatic rings. The van der Waals surface area contributed by atoms with Gasteiger partial charge in [0, 0.05) is 19.1 Å². The lowest BCUT2D eigenvalue weighted by Gasteiger charge is -2.06. The first-order valence-corrected chi connectivity index (χ1v) is 5.49. The Hall–Kier alpha value is -0.870. The summed E-state index contributed by atoms with van der Waals surface area (Å²) in [4.78, 5) is 4.49. The summed E-state index contributed by atoms with van der Waals surface area (Å²) in [5.41, 5.74) is 1.03. The van der Waals surface area contributed by atoms with E-state index in [9.17, 15) is 0 Å². The lowest BCUT2D eigenvalue weighted by molar-refractivity contribution is 0.190. The predicted octanol–water partition coefficient (Wildman–Crippen LogP) is 1.33. The second kappa shape index (κ2) is 4.77. The topological polar surface area (TPSA) is 47.3 Å². The van der Waals surface area contributed by atoms with Gasteiger partial charge in [0.2, 0.25) is 0 Å². The van der Waals surface area contributed by atoms with Crippen molar-refractivity contribution in [1.29, 1.82) is 0 Å². The molecular formula is C11H18N2O2. The van der Waals surface area contributed by atoms with Crippen LogP contribution in [0.1, 0.15) is 30.8 Å². The van der Waals surface area contributed by atoms with Gasteiger partial charge in [-0.2, -0.15) is 0 Å². The summed E-state index contributed by atoms with van der Waals surface area (Å²) in [6, 6.07) is 0.433. The van der Waals surface area contributed by atoms with Crippen LogP contribution in [0.3, 0.4) is 0 Å². The van der Waals surface area contributed by atoms with E-state index in [1.807, 2.05) is 7.05 Å². The molecule has 1 fully saturated rings. The molecule has 0 amide bonds. The van der Waals surface area contributed by atoms with Crippen molar-refractivity contribution in [1.82, 2.24) is 10.3 Å². The van der Waals surface area contributed by atoms with Crippen LogP contribution in [0, 0.1) is 0 Å². The molecule has 1 aromatic heterocycles. The van der Waals surface area contributed by atoms with Crippen LogP contribution in [0.5, 0.6) is 0 Å². The van der Waals surface area contributed by atoms with E-state index >= 15 is 0 Å². The fraction of sp³-hybridized carbons (Fsp3) is 0.727. The van der Waals surface area contributed by atoms with Crippen molar-refractivity contribution >= 4 is 0 Å². The monoisotopic (exact) mass is 210 g/mol. The van der Waals surface area contributed by atoms with Gasteiger partial charge < -0.3 is 14.5 Å². The number of rotatable bonds is 4. The molecule has 0 bridgehead atoms. The van der Waals surface area contributed by atoms with Crippen molar-refractivity contribution in [2.24, 2.45) is 0 Å². The molecule has 2 heterocycles. The van der Waals surface area contributed by atoms with Crippen molar-refractivity contribution in [2.45, 2.75) is 31.7 Å². The molecule has 2 rings (SSSR count). The summed E-state index contributed by atoms with van der Waals surface area (Å²) in [6.45, 7) is 3.71. The lowest BCUT2D eigenvalue weighted by atomic mass is 10.1. The van der Waals surface area contributed by atoms with Crippen molar-refractivity contribution in [3.8, 4) is 0 Å². The number of nitrogens with zero attached hydrogens (tertiary/aromatic N) is 1. The van der Waals surface area contributed by atoms with E-state index in [4.69, 9.17) is 9.15 Å². The number of hydrogen-bond acceptors (Lipinski definition) is 4. The minimum Gasteiger partial charge on any atom is -0.448 e. The van der Waals surface area contributed by atoms with E-state index in [-0.39, 0.29) is 0 Å². The number of ether oxygens (including phenoxy) is 1. The van der Waals surface area contributed by atoms with Crippen LogP contribution in [-0.2, 0) is 11.2 Å². The molecule has 0 saturated carbocycles. The number of hydrogen-bond donors (Lipinski definition) is 1. The smallest absolute Gasteiger partial charge is 0.199 e. The Morgan fingerprint density at radius 1 is 1.67 bits per heavy atom. The summed E-state index contributed by atoms with van der Waals surface area (Å²) in [7, 11) is 1.95. The van der Waals surface area contributed by atoms with Crippen LogP contribution in [0.15, 0.2) is 10.7 Å². The standard InChI is InChI=1S/C11H18N2O2/c1-8(12-2)5-10-7-15-11(13-10)9-3-4-14-6-9/h7-9,12H,3-6H2,1-2H3. The first-order chi connectivity index (χ1) is 7.29. The van der Waals surface area contributed by atoms with Gasteiger partial charge in [-0.25, -0.2) is 4.98 Å². The van der Waals surface area contributed by atoms with E-state index in [2.05, 4.69) is 17.2 Å². The van der Waals surface area contributed by atoms with E-state index in [0.29, 0.717) is 12.0 Å². The van der Waals surface area contributed by atoms with Crippen molar-refractivity contribution in [3.63, 3.8) is 0 Å². The molecule has 1 aliphatic heterocycles. The molecule has 0 aromatic carbocycles. The molecule has 2 atom stereocenters. The summed E-state index contributed by atoms with van der Waals surface area (Å²) in [5, 5.41) is 3.19. The van der Waals surface area contributed by atoms with Gasteiger partial charge in [-0.1, -0.05) is 0 Å². The third-order valence-corrected chi connectivity index (χ3v) is 2.86. The highest BCUT2D eigenvalue weighted by molar-refractivity contribution is 5.03. The molecule has 15 heavy (non-hydrogen) atoms. The Balaban J connectivity index is 1.97. The quantitative estimate of drug-likeness (QED) is 0.814. The Labute approximate surface area is 90.0 Å². The van der Waals surface area contributed by atoms with E-state index in [1.165, 1.54) is 0 Å². The predicted molar refractivity (Wildman–Crippen MR) is 56.9 cm³/mol. The van der Waals surface area contributed by atoms with Crippen LogP contribution in [0.25, 0.3) is 0 Å². The second-order valence-corrected chi connectivity index (χ2v) is 4.13. The number of aromatic nitrogens is 1. The SMILES string of the molecule is CNC(C)Cc1coc(C2CCOC2)n1. The number of likely N-dealkylation sites (N-methyl/N-ethyl adjacent to an activating group) is 1. The van der Waals surface area contributed by atoms with Gasteiger partial charge in [-0.3, -0.25) is 0 Å².